The van der Waals surface area contributed by atoms with E-state index >= 15 is 0 Å². The number of carbonyl (C=O) groups is 2. The molecule has 4 rings (SSSR count). The summed E-state index contributed by atoms with van der Waals surface area (Å²) in [6.07, 6.45) is 1.46. The second-order valence-electron chi connectivity index (χ2n) is 8.33. The third-order valence-electron chi connectivity index (χ3n) is 5.83. The molecular formula is C28H25FN4O5S. The van der Waals surface area contributed by atoms with Crippen LogP contribution in [0.4, 0.5) is 15.8 Å². The molecule has 3 N–H and O–H groups in total. The number of dihydropyridines is 1. The Morgan fingerprint density at radius 1 is 1.13 bits per heavy atom. The molecule has 1 aliphatic rings. The van der Waals surface area contributed by atoms with E-state index < -0.39 is 17.6 Å². The number of anilines is 2. The molecule has 1 unspecified atom stereocenters. The molecule has 2 heterocycles. The van der Waals surface area contributed by atoms with Crippen molar-refractivity contribution < 1.29 is 27.9 Å². The Labute approximate surface area is 228 Å². The van der Waals surface area contributed by atoms with Crippen LogP contribution in [0.25, 0.3) is 0 Å². The zero-order chi connectivity index (χ0) is 27.9. The van der Waals surface area contributed by atoms with Crippen LogP contribution in [0.2, 0.25) is 0 Å². The van der Waals surface area contributed by atoms with E-state index in [9.17, 15) is 19.2 Å². The second-order valence-corrected chi connectivity index (χ2v) is 9.32. The fourth-order valence-corrected chi connectivity index (χ4v) is 4.96. The van der Waals surface area contributed by atoms with Crippen LogP contribution in [-0.4, -0.2) is 31.8 Å². The van der Waals surface area contributed by atoms with Gasteiger partial charge in [0, 0.05) is 17.5 Å². The van der Waals surface area contributed by atoms with E-state index in [2.05, 4.69) is 22.0 Å². The number of allylic oxidation sites excluding steroid dienone is 2. The van der Waals surface area contributed by atoms with Crippen molar-refractivity contribution in [3.8, 4) is 17.6 Å². The SMILES string of the molecule is COc1ccc(OC)c(NC(=O)C2=C(C)NC(SCC(=O)Nc3cccc(F)c3)=C(C#N)C2c2ccco2)c1. The average Bonchev–Trinajstić information content (AvgIpc) is 3.46. The number of rotatable bonds is 9. The monoisotopic (exact) mass is 548 g/mol. The summed E-state index contributed by atoms with van der Waals surface area (Å²) >= 11 is 1.09. The number of methoxy groups -OCH3 is 2. The van der Waals surface area contributed by atoms with Crippen molar-refractivity contribution in [3.05, 3.63) is 94.3 Å². The van der Waals surface area contributed by atoms with Gasteiger partial charge in [-0.25, -0.2) is 4.39 Å². The minimum absolute atomic E-state index is 0.0648. The number of ether oxygens (including phenoxy) is 2. The van der Waals surface area contributed by atoms with Gasteiger partial charge in [-0.1, -0.05) is 17.8 Å². The summed E-state index contributed by atoms with van der Waals surface area (Å²) in [6.45, 7) is 1.70. The maximum absolute atomic E-state index is 13.6. The van der Waals surface area contributed by atoms with Crippen LogP contribution in [0.1, 0.15) is 18.6 Å². The highest BCUT2D eigenvalue weighted by atomic mass is 32.2. The van der Waals surface area contributed by atoms with Crippen molar-refractivity contribution in [1.82, 2.24) is 5.32 Å². The van der Waals surface area contributed by atoms with E-state index in [4.69, 9.17) is 13.9 Å². The molecule has 0 saturated carbocycles. The highest BCUT2D eigenvalue weighted by Gasteiger charge is 2.36. The Kier molecular flexibility index (Phi) is 8.58. The van der Waals surface area contributed by atoms with E-state index in [0.29, 0.717) is 39.4 Å². The summed E-state index contributed by atoms with van der Waals surface area (Å²) < 4.78 is 29.7. The first kappa shape index (κ1) is 27.3. The van der Waals surface area contributed by atoms with Crippen LogP contribution in [0, 0.1) is 17.1 Å². The molecule has 9 nitrogen and oxygen atoms in total. The summed E-state index contributed by atoms with van der Waals surface area (Å²) in [6, 6.07) is 16.1. The number of thioether (sulfide) groups is 1. The average molecular weight is 549 g/mol. The van der Waals surface area contributed by atoms with Gasteiger partial charge in [0.15, 0.2) is 0 Å². The molecule has 0 bridgehead atoms. The summed E-state index contributed by atoms with van der Waals surface area (Å²) in [5.74, 6) is -0.899. The Hall–Kier alpha value is -4.69. The van der Waals surface area contributed by atoms with Crippen molar-refractivity contribution in [3.63, 3.8) is 0 Å². The number of hydrogen-bond acceptors (Lipinski definition) is 8. The van der Waals surface area contributed by atoms with Crippen LogP contribution < -0.4 is 25.4 Å². The molecule has 200 valence electrons. The van der Waals surface area contributed by atoms with Crippen molar-refractivity contribution in [1.29, 1.82) is 5.26 Å². The van der Waals surface area contributed by atoms with Gasteiger partial charge in [0.05, 0.1) is 60.1 Å². The minimum Gasteiger partial charge on any atom is -0.497 e. The van der Waals surface area contributed by atoms with E-state index in [1.165, 1.54) is 38.7 Å². The molecule has 11 heteroatoms. The van der Waals surface area contributed by atoms with Crippen LogP contribution in [0.15, 0.2) is 87.1 Å². The number of nitrogens with zero attached hydrogens (tertiary/aromatic N) is 1. The Morgan fingerprint density at radius 2 is 1.95 bits per heavy atom. The quantitative estimate of drug-likeness (QED) is 0.336. The smallest absolute Gasteiger partial charge is 0.254 e. The topological polar surface area (TPSA) is 126 Å². The van der Waals surface area contributed by atoms with Crippen molar-refractivity contribution >= 4 is 35.0 Å². The minimum atomic E-state index is -0.836. The molecule has 0 saturated heterocycles. The van der Waals surface area contributed by atoms with Crippen molar-refractivity contribution in [2.24, 2.45) is 0 Å². The molecule has 3 aromatic rings. The predicted molar refractivity (Wildman–Crippen MR) is 146 cm³/mol. The predicted octanol–water partition coefficient (Wildman–Crippen LogP) is 5.14. The molecule has 1 aliphatic heterocycles. The van der Waals surface area contributed by atoms with Crippen LogP contribution in [-0.2, 0) is 9.59 Å². The normalized spacial score (nSPS) is 14.8. The first-order chi connectivity index (χ1) is 18.8. The number of halogens is 1. The number of nitriles is 1. The van der Waals surface area contributed by atoms with Gasteiger partial charge in [0.1, 0.15) is 23.1 Å². The highest BCUT2D eigenvalue weighted by Crippen LogP contribution is 2.41. The van der Waals surface area contributed by atoms with Gasteiger partial charge in [0.2, 0.25) is 5.91 Å². The summed E-state index contributed by atoms with van der Waals surface area (Å²) in [5.41, 5.74) is 1.66. The fraction of sp³-hybridized carbons (Fsp3) is 0.179. The van der Waals surface area contributed by atoms with Gasteiger partial charge < -0.3 is 29.8 Å². The Morgan fingerprint density at radius 3 is 2.62 bits per heavy atom. The molecule has 2 amide bonds. The third kappa shape index (κ3) is 6.25. The summed E-state index contributed by atoms with van der Waals surface area (Å²) in [5, 5.41) is 19.1. The molecule has 39 heavy (non-hydrogen) atoms. The first-order valence-electron chi connectivity index (χ1n) is 11.7. The van der Waals surface area contributed by atoms with Gasteiger partial charge in [-0.05, 0) is 49.4 Å². The number of carbonyl (C=O) groups excluding carboxylic acids is 2. The maximum atomic E-state index is 13.6. The highest BCUT2D eigenvalue weighted by molar-refractivity contribution is 8.03. The molecule has 0 aliphatic carbocycles. The molecule has 1 atom stereocenters. The molecule has 2 aromatic carbocycles. The van der Waals surface area contributed by atoms with Gasteiger partial charge in [0.25, 0.3) is 5.91 Å². The van der Waals surface area contributed by atoms with Crippen LogP contribution in [0.5, 0.6) is 11.5 Å². The van der Waals surface area contributed by atoms with Crippen LogP contribution in [0.3, 0.4) is 0 Å². The first-order valence-corrected chi connectivity index (χ1v) is 12.7. The lowest BCUT2D eigenvalue weighted by Gasteiger charge is -2.28. The zero-order valence-corrected chi connectivity index (χ0v) is 22.1. The van der Waals surface area contributed by atoms with E-state index in [1.807, 2.05) is 0 Å². The third-order valence-corrected chi connectivity index (χ3v) is 6.85. The summed E-state index contributed by atoms with van der Waals surface area (Å²) in [7, 11) is 3.00. The van der Waals surface area contributed by atoms with Gasteiger partial charge in [-0.2, -0.15) is 5.26 Å². The number of hydrogen-bond donors (Lipinski definition) is 3. The van der Waals surface area contributed by atoms with Gasteiger partial charge >= 0.3 is 0 Å². The Balaban J connectivity index is 1.61. The molecule has 0 spiro atoms. The molecule has 1 aromatic heterocycles. The van der Waals surface area contributed by atoms with Gasteiger partial charge in [-0.15, -0.1) is 0 Å². The molecular weight excluding hydrogens is 523 g/mol. The summed E-state index contributed by atoms with van der Waals surface area (Å²) in [4.78, 5) is 26.2. The van der Waals surface area contributed by atoms with Crippen molar-refractivity contribution in [2.75, 3.05) is 30.6 Å². The van der Waals surface area contributed by atoms with Gasteiger partial charge in [-0.3, -0.25) is 9.59 Å². The lowest BCUT2D eigenvalue weighted by molar-refractivity contribution is -0.114. The van der Waals surface area contributed by atoms with Crippen LogP contribution >= 0.6 is 11.8 Å². The van der Waals surface area contributed by atoms with E-state index in [0.717, 1.165) is 11.8 Å². The fourth-order valence-electron chi connectivity index (χ4n) is 4.07. The number of benzene rings is 2. The van der Waals surface area contributed by atoms with Crippen molar-refractivity contribution in [2.45, 2.75) is 12.8 Å². The zero-order valence-electron chi connectivity index (χ0n) is 21.3. The van der Waals surface area contributed by atoms with E-state index in [-0.39, 0.29) is 22.8 Å². The number of amides is 2. The lowest BCUT2D eigenvalue weighted by atomic mass is 9.85. The maximum Gasteiger partial charge on any atom is 0.254 e. The lowest BCUT2D eigenvalue weighted by Crippen LogP contribution is -2.31. The number of furan rings is 1. The largest absolute Gasteiger partial charge is 0.497 e. The molecule has 0 fully saturated rings. The second kappa shape index (κ2) is 12.2. The Bertz CT molecular complexity index is 1490. The number of nitrogens with one attached hydrogen (secondary N) is 3. The van der Waals surface area contributed by atoms with E-state index in [1.54, 1.807) is 43.3 Å². The standard InChI is InChI=1S/C28H25FN4O5S/c1-16-25(27(35)33-21-13-19(36-2)9-10-22(21)37-3)26(23-8-5-11-38-23)20(14-30)28(31-16)39-15-24(34)32-18-7-4-6-17(29)12-18/h4-13,26,31H,15H2,1-3H3,(H,32,34)(H,33,35). The molecule has 0 radical (unpaired) electrons.